The Morgan fingerprint density at radius 2 is 1.76 bits per heavy atom. The van der Waals surface area contributed by atoms with Gasteiger partial charge < -0.3 is 15.4 Å². The van der Waals surface area contributed by atoms with E-state index in [1.807, 2.05) is 67.6 Å². The number of nitrogens with one attached hydrogen (secondary N) is 2. The van der Waals surface area contributed by atoms with E-state index in [0.29, 0.717) is 6.42 Å². The minimum absolute atomic E-state index is 0.0216. The highest BCUT2D eigenvalue weighted by atomic mass is 16.5. The molecule has 2 aromatic carbocycles. The van der Waals surface area contributed by atoms with Crippen molar-refractivity contribution in [2.24, 2.45) is 0 Å². The molecule has 5 nitrogen and oxygen atoms in total. The fourth-order valence-electron chi connectivity index (χ4n) is 3.15. The fourth-order valence-corrected chi connectivity index (χ4v) is 3.15. The molecule has 2 N–H and O–H groups in total. The molecule has 5 heteroatoms. The van der Waals surface area contributed by atoms with Gasteiger partial charge in [0.2, 0.25) is 5.91 Å². The fraction of sp³-hybridized carbons (Fsp3) is 0.300. The lowest BCUT2D eigenvalue weighted by Crippen LogP contribution is -2.56. The molecule has 0 bridgehead atoms. The van der Waals surface area contributed by atoms with E-state index in [4.69, 9.17) is 4.74 Å². The van der Waals surface area contributed by atoms with Gasteiger partial charge in [0.25, 0.3) is 0 Å². The van der Waals surface area contributed by atoms with Crippen molar-refractivity contribution in [2.45, 2.75) is 38.0 Å². The Morgan fingerprint density at radius 1 is 1.12 bits per heavy atom. The number of carbonyl (C=O) groups is 2. The second kappa shape index (κ2) is 7.83. The van der Waals surface area contributed by atoms with E-state index in [9.17, 15) is 9.59 Å². The molecule has 0 radical (unpaired) electrons. The van der Waals surface area contributed by atoms with Gasteiger partial charge in [0.05, 0.1) is 0 Å². The molecule has 1 aliphatic rings. The minimum atomic E-state index is -0.593. The van der Waals surface area contributed by atoms with Crippen LogP contribution >= 0.6 is 0 Å². The number of rotatable bonds is 4. The maximum absolute atomic E-state index is 12.2. The van der Waals surface area contributed by atoms with E-state index in [0.717, 1.165) is 11.1 Å². The Balaban J connectivity index is 1.59. The maximum Gasteiger partial charge on any atom is 0.408 e. The normalized spacial score (nSPS) is 22.8. The quantitative estimate of drug-likeness (QED) is 0.900. The Hall–Kier alpha value is -2.82. The van der Waals surface area contributed by atoms with Gasteiger partial charge in [0.1, 0.15) is 12.6 Å². The van der Waals surface area contributed by atoms with Crippen molar-refractivity contribution in [1.29, 1.82) is 0 Å². The van der Waals surface area contributed by atoms with Crippen LogP contribution in [0.1, 0.15) is 30.4 Å². The summed E-state index contributed by atoms with van der Waals surface area (Å²) in [5, 5.41) is 5.63. The molecular weight excluding hydrogens is 316 g/mol. The zero-order valence-corrected chi connectivity index (χ0v) is 14.1. The zero-order chi connectivity index (χ0) is 17.6. The van der Waals surface area contributed by atoms with Crippen LogP contribution in [0.5, 0.6) is 0 Å². The molecule has 1 heterocycles. The molecule has 25 heavy (non-hydrogen) atoms. The summed E-state index contributed by atoms with van der Waals surface area (Å²) in [6, 6.07) is 18.9. The van der Waals surface area contributed by atoms with Crippen LogP contribution in [0, 0.1) is 0 Å². The highest BCUT2D eigenvalue weighted by Gasteiger charge is 2.35. The smallest absolute Gasteiger partial charge is 0.408 e. The van der Waals surface area contributed by atoms with Crippen LogP contribution in [-0.2, 0) is 16.1 Å². The SMILES string of the molecule is C[C@H]1NC(=O)C(NC(=O)OCc2ccccc2)C[C@H]1c1ccccc1. The molecule has 2 aromatic rings. The molecule has 1 unspecified atom stereocenters. The third-order valence-electron chi connectivity index (χ3n) is 4.51. The van der Waals surface area contributed by atoms with Crippen LogP contribution in [-0.4, -0.2) is 24.1 Å². The van der Waals surface area contributed by atoms with Crippen LogP contribution < -0.4 is 10.6 Å². The van der Waals surface area contributed by atoms with Gasteiger partial charge in [-0.05, 0) is 24.5 Å². The summed E-state index contributed by atoms with van der Waals surface area (Å²) in [5.41, 5.74) is 2.06. The van der Waals surface area contributed by atoms with E-state index < -0.39 is 12.1 Å². The first-order valence-electron chi connectivity index (χ1n) is 8.46. The van der Waals surface area contributed by atoms with Crippen molar-refractivity contribution in [1.82, 2.24) is 10.6 Å². The summed E-state index contributed by atoms with van der Waals surface area (Å²) < 4.78 is 5.22. The number of piperidine rings is 1. The zero-order valence-electron chi connectivity index (χ0n) is 14.1. The first-order chi connectivity index (χ1) is 12.1. The highest BCUT2D eigenvalue weighted by molar-refractivity contribution is 5.86. The molecule has 3 atom stereocenters. The van der Waals surface area contributed by atoms with Gasteiger partial charge in [-0.3, -0.25) is 4.79 Å². The summed E-state index contributed by atoms with van der Waals surface area (Å²) in [7, 11) is 0. The van der Waals surface area contributed by atoms with Crippen molar-refractivity contribution in [3.63, 3.8) is 0 Å². The van der Waals surface area contributed by atoms with E-state index in [1.54, 1.807) is 0 Å². The third kappa shape index (κ3) is 4.38. The minimum Gasteiger partial charge on any atom is -0.445 e. The lowest BCUT2D eigenvalue weighted by Gasteiger charge is -2.35. The third-order valence-corrected chi connectivity index (χ3v) is 4.51. The predicted molar refractivity (Wildman–Crippen MR) is 95.0 cm³/mol. The van der Waals surface area contributed by atoms with Crippen molar-refractivity contribution >= 4 is 12.0 Å². The first kappa shape index (κ1) is 17.0. The number of hydrogen-bond donors (Lipinski definition) is 2. The van der Waals surface area contributed by atoms with E-state index >= 15 is 0 Å². The average molecular weight is 338 g/mol. The number of amides is 2. The molecule has 3 rings (SSSR count). The number of hydrogen-bond acceptors (Lipinski definition) is 3. The second-order valence-electron chi connectivity index (χ2n) is 6.31. The number of carbonyl (C=O) groups excluding carboxylic acids is 2. The number of ether oxygens (including phenoxy) is 1. The van der Waals surface area contributed by atoms with E-state index in [-0.39, 0.29) is 24.5 Å². The van der Waals surface area contributed by atoms with Crippen molar-refractivity contribution in [3.8, 4) is 0 Å². The Bertz CT molecular complexity index is 718. The van der Waals surface area contributed by atoms with Crippen LogP contribution in [0.2, 0.25) is 0 Å². The Labute approximate surface area is 147 Å². The average Bonchev–Trinajstić information content (AvgIpc) is 2.64. The summed E-state index contributed by atoms with van der Waals surface area (Å²) in [6.07, 6.45) is -0.0253. The van der Waals surface area contributed by atoms with E-state index in [2.05, 4.69) is 10.6 Å². The molecule has 0 spiro atoms. The van der Waals surface area contributed by atoms with E-state index in [1.165, 1.54) is 0 Å². The number of alkyl carbamates (subject to hydrolysis) is 1. The standard InChI is InChI=1S/C20H22N2O3/c1-14-17(16-10-6-3-7-11-16)12-18(19(23)21-14)22-20(24)25-13-15-8-4-2-5-9-15/h2-11,14,17-18H,12-13H2,1H3,(H,21,23)(H,22,24)/t14-,17-,18?/m1/s1. The van der Waals surface area contributed by atoms with Gasteiger partial charge in [0, 0.05) is 12.0 Å². The van der Waals surface area contributed by atoms with Gasteiger partial charge in [-0.15, -0.1) is 0 Å². The summed E-state index contributed by atoms with van der Waals surface area (Å²) >= 11 is 0. The molecule has 130 valence electrons. The van der Waals surface area contributed by atoms with Crippen LogP contribution in [0.3, 0.4) is 0 Å². The lowest BCUT2D eigenvalue weighted by molar-refractivity contribution is -0.125. The molecule has 0 saturated carbocycles. The first-order valence-corrected chi connectivity index (χ1v) is 8.46. The maximum atomic E-state index is 12.2. The monoisotopic (exact) mass is 338 g/mol. The molecule has 2 amide bonds. The summed E-state index contributed by atoms with van der Waals surface area (Å²) in [5.74, 6) is -0.0188. The lowest BCUT2D eigenvalue weighted by atomic mass is 9.83. The topological polar surface area (TPSA) is 67.4 Å². The molecule has 0 aromatic heterocycles. The molecule has 0 aliphatic carbocycles. The second-order valence-corrected chi connectivity index (χ2v) is 6.31. The van der Waals surface area contributed by atoms with Crippen molar-refractivity contribution < 1.29 is 14.3 Å². The van der Waals surface area contributed by atoms with Crippen molar-refractivity contribution in [2.75, 3.05) is 0 Å². The van der Waals surface area contributed by atoms with Gasteiger partial charge in [-0.25, -0.2) is 4.79 Å². The summed E-state index contributed by atoms with van der Waals surface area (Å²) in [4.78, 5) is 24.3. The molecular formula is C20H22N2O3. The predicted octanol–water partition coefficient (Wildman–Crippen LogP) is 2.97. The largest absolute Gasteiger partial charge is 0.445 e. The van der Waals surface area contributed by atoms with Gasteiger partial charge >= 0.3 is 6.09 Å². The Morgan fingerprint density at radius 3 is 2.44 bits per heavy atom. The van der Waals surface area contributed by atoms with Crippen LogP contribution in [0.15, 0.2) is 60.7 Å². The molecule has 1 aliphatic heterocycles. The van der Waals surface area contributed by atoms with Crippen LogP contribution in [0.25, 0.3) is 0 Å². The highest BCUT2D eigenvalue weighted by Crippen LogP contribution is 2.28. The van der Waals surface area contributed by atoms with Crippen molar-refractivity contribution in [3.05, 3.63) is 71.8 Å². The summed E-state index contributed by atoms with van der Waals surface area (Å²) in [6.45, 7) is 2.17. The molecule has 1 fully saturated rings. The van der Waals surface area contributed by atoms with Crippen LogP contribution in [0.4, 0.5) is 4.79 Å². The molecule has 1 saturated heterocycles. The Kier molecular flexibility index (Phi) is 5.33. The van der Waals surface area contributed by atoms with Gasteiger partial charge in [-0.1, -0.05) is 60.7 Å². The number of benzene rings is 2. The van der Waals surface area contributed by atoms with Gasteiger partial charge in [0.15, 0.2) is 0 Å². The van der Waals surface area contributed by atoms with Gasteiger partial charge in [-0.2, -0.15) is 0 Å².